The molecule has 1 aromatic rings. The number of hydrogen-bond donors (Lipinski definition) is 2. The van der Waals surface area contributed by atoms with Gasteiger partial charge in [0, 0.05) is 11.8 Å². The summed E-state index contributed by atoms with van der Waals surface area (Å²) in [5, 5.41) is 11.7. The first-order valence-corrected chi connectivity index (χ1v) is 6.84. The minimum absolute atomic E-state index is 0.00312. The molecule has 2 amide bonds. The quantitative estimate of drug-likeness (QED) is 0.736. The zero-order valence-electron chi connectivity index (χ0n) is 11.8. The number of imide groups is 1. The van der Waals surface area contributed by atoms with Gasteiger partial charge in [-0.2, -0.15) is 0 Å². The van der Waals surface area contributed by atoms with E-state index in [0.29, 0.717) is 12.3 Å². The molecule has 1 heterocycles. The molecule has 6 nitrogen and oxygen atoms in total. The number of ether oxygens (including phenoxy) is 1. The highest BCUT2D eigenvalue weighted by atomic mass is 16.5. The van der Waals surface area contributed by atoms with Crippen molar-refractivity contribution in [3.8, 4) is 5.75 Å². The van der Waals surface area contributed by atoms with Gasteiger partial charge in [-0.25, -0.2) is 0 Å². The molecule has 0 saturated heterocycles. The third-order valence-corrected chi connectivity index (χ3v) is 2.94. The van der Waals surface area contributed by atoms with E-state index in [2.05, 4.69) is 5.32 Å². The van der Waals surface area contributed by atoms with Crippen molar-refractivity contribution in [1.82, 2.24) is 4.90 Å². The fourth-order valence-electron chi connectivity index (χ4n) is 1.92. The van der Waals surface area contributed by atoms with E-state index in [1.807, 2.05) is 6.92 Å². The Morgan fingerprint density at radius 3 is 2.57 bits per heavy atom. The summed E-state index contributed by atoms with van der Waals surface area (Å²) in [4.78, 5) is 24.6. The number of aliphatic hydroxyl groups is 1. The molecule has 0 bridgehead atoms. The van der Waals surface area contributed by atoms with Gasteiger partial charge >= 0.3 is 0 Å². The predicted octanol–water partition coefficient (Wildman–Crippen LogP) is 1.13. The van der Waals surface area contributed by atoms with E-state index >= 15 is 0 Å². The lowest BCUT2D eigenvalue weighted by Crippen LogP contribution is -2.34. The summed E-state index contributed by atoms with van der Waals surface area (Å²) >= 11 is 0. The standard InChI is InChI=1S/C15H18N2O4/c1-2-9-21-12-5-3-11(4-6-12)16-13-10-14(19)17(7-8-18)15(13)20/h3-6,10,16,18H,2,7-9H2,1H3. The maximum Gasteiger partial charge on any atom is 0.277 e. The van der Waals surface area contributed by atoms with Gasteiger partial charge in [-0.15, -0.1) is 0 Å². The van der Waals surface area contributed by atoms with Crippen molar-refractivity contribution >= 4 is 17.5 Å². The summed E-state index contributed by atoms with van der Waals surface area (Å²) in [6, 6.07) is 7.15. The van der Waals surface area contributed by atoms with Crippen LogP contribution < -0.4 is 10.1 Å². The summed E-state index contributed by atoms with van der Waals surface area (Å²) in [5.74, 6) is -0.0908. The topological polar surface area (TPSA) is 78.9 Å². The Hall–Kier alpha value is -2.34. The van der Waals surface area contributed by atoms with Gasteiger partial charge in [-0.05, 0) is 30.7 Å². The number of nitrogens with one attached hydrogen (secondary N) is 1. The second kappa shape index (κ2) is 6.90. The lowest BCUT2D eigenvalue weighted by molar-refractivity contribution is -0.137. The van der Waals surface area contributed by atoms with E-state index in [9.17, 15) is 9.59 Å². The second-order valence-corrected chi connectivity index (χ2v) is 4.57. The summed E-state index contributed by atoms with van der Waals surface area (Å²) in [5.41, 5.74) is 0.896. The highest BCUT2D eigenvalue weighted by Gasteiger charge is 2.30. The molecule has 1 aromatic carbocycles. The number of aliphatic hydroxyl groups excluding tert-OH is 1. The fraction of sp³-hybridized carbons (Fsp3) is 0.333. The number of carbonyl (C=O) groups is 2. The third kappa shape index (κ3) is 3.61. The van der Waals surface area contributed by atoms with Crippen LogP contribution >= 0.6 is 0 Å². The number of carbonyl (C=O) groups excluding carboxylic acids is 2. The number of anilines is 1. The van der Waals surface area contributed by atoms with Gasteiger partial charge in [0.25, 0.3) is 11.8 Å². The van der Waals surface area contributed by atoms with E-state index in [1.54, 1.807) is 24.3 Å². The van der Waals surface area contributed by atoms with Gasteiger partial charge in [0.05, 0.1) is 19.8 Å². The summed E-state index contributed by atoms with van der Waals surface area (Å²) < 4.78 is 5.47. The van der Waals surface area contributed by atoms with E-state index in [0.717, 1.165) is 17.1 Å². The molecule has 6 heteroatoms. The molecule has 0 spiro atoms. The van der Waals surface area contributed by atoms with Crippen molar-refractivity contribution in [3.63, 3.8) is 0 Å². The van der Waals surface area contributed by atoms with Crippen molar-refractivity contribution in [2.45, 2.75) is 13.3 Å². The SMILES string of the molecule is CCCOc1ccc(NC2=CC(=O)N(CCO)C2=O)cc1. The molecule has 21 heavy (non-hydrogen) atoms. The molecular weight excluding hydrogens is 272 g/mol. The van der Waals surface area contributed by atoms with E-state index in [4.69, 9.17) is 9.84 Å². The Morgan fingerprint density at radius 1 is 1.24 bits per heavy atom. The van der Waals surface area contributed by atoms with Crippen LogP contribution in [0.3, 0.4) is 0 Å². The first-order chi connectivity index (χ1) is 10.2. The highest BCUT2D eigenvalue weighted by Crippen LogP contribution is 2.20. The van der Waals surface area contributed by atoms with Crippen LogP contribution in [0.25, 0.3) is 0 Å². The number of nitrogens with zero attached hydrogens (tertiary/aromatic N) is 1. The van der Waals surface area contributed by atoms with Gasteiger partial charge < -0.3 is 15.2 Å². The van der Waals surface area contributed by atoms with Crippen LogP contribution in [0, 0.1) is 0 Å². The predicted molar refractivity (Wildman–Crippen MR) is 77.7 cm³/mol. The molecule has 0 saturated carbocycles. The average molecular weight is 290 g/mol. The average Bonchev–Trinajstić information content (AvgIpc) is 2.75. The van der Waals surface area contributed by atoms with Crippen LogP contribution in [-0.2, 0) is 9.59 Å². The van der Waals surface area contributed by atoms with Crippen molar-refractivity contribution in [3.05, 3.63) is 36.0 Å². The monoisotopic (exact) mass is 290 g/mol. The van der Waals surface area contributed by atoms with Gasteiger partial charge in [0.2, 0.25) is 0 Å². The molecule has 1 aliphatic heterocycles. The van der Waals surface area contributed by atoms with Gasteiger partial charge in [0.1, 0.15) is 11.4 Å². The highest BCUT2D eigenvalue weighted by molar-refractivity contribution is 6.17. The van der Waals surface area contributed by atoms with Crippen molar-refractivity contribution < 1.29 is 19.4 Å². The number of amides is 2. The Kier molecular flexibility index (Phi) is 4.94. The molecule has 2 N–H and O–H groups in total. The lowest BCUT2D eigenvalue weighted by Gasteiger charge is -2.13. The second-order valence-electron chi connectivity index (χ2n) is 4.57. The number of hydrogen-bond acceptors (Lipinski definition) is 5. The Morgan fingerprint density at radius 2 is 1.95 bits per heavy atom. The molecule has 2 rings (SSSR count). The van der Waals surface area contributed by atoms with Crippen LogP contribution in [0.5, 0.6) is 5.75 Å². The zero-order chi connectivity index (χ0) is 15.2. The van der Waals surface area contributed by atoms with Crippen molar-refractivity contribution in [2.75, 3.05) is 25.1 Å². The first kappa shape index (κ1) is 15.1. The number of rotatable bonds is 7. The normalized spacial score (nSPS) is 14.4. The lowest BCUT2D eigenvalue weighted by atomic mass is 10.3. The van der Waals surface area contributed by atoms with E-state index < -0.39 is 11.8 Å². The van der Waals surface area contributed by atoms with Gasteiger partial charge in [0.15, 0.2) is 0 Å². The molecule has 0 aliphatic carbocycles. The van der Waals surface area contributed by atoms with Crippen molar-refractivity contribution in [1.29, 1.82) is 0 Å². The summed E-state index contributed by atoms with van der Waals surface area (Å²) in [6.45, 7) is 2.44. The Bertz CT molecular complexity index is 551. The molecule has 0 radical (unpaired) electrons. The van der Waals surface area contributed by atoms with Crippen LogP contribution in [0.2, 0.25) is 0 Å². The van der Waals surface area contributed by atoms with Gasteiger partial charge in [-0.3, -0.25) is 14.5 Å². The number of β-amino-alcohol motifs (C(OH)–C–C–N with tert-alkyl or cyclic N) is 1. The molecule has 1 aliphatic rings. The Balaban J connectivity index is 2.00. The maximum absolute atomic E-state index is 12.0. The largest absolute Gasteiger partial charge is 0.494 e. The summed E-state index contributed by atoms with van der Waals surface area (Å²) in [6.07, 6.45) is 2.17. The van der Waals surface area contributed by atoms with Crippen LogP contribution in [0.1, 0.15) is 13.3 Å². The third-order valence-electron chi connectivity index (χ3n) is 2.94. The van der Waals surface area contributed by atoms with Crippen LogP contribution in [0.4, 0.5) is 5.69 Å². The molecule has 0 fully saturated rings. The smallest absolute Gasteiger partial charge is 0.277 e. The minimum Gasteiger partial charge on any atom is -0.494 e. The first-order valence-electron chi connectivity index (χ1n) is 6.84. The molecule has 112 valence electrons. The molecule has 0 unspecified atom stereocenters. The molecular formula is C15H18N2O4. The molecule has 0 aromatic heterocycles. The van der Waals surface area contributed by atoms with E-state index in [-0.39, 0.29) is 18.8 Å². The van der Waals surface area contributed by atoms with E-state index in [1.165, 1.54) is 6.08 Å². The Labute approximate surface area is 123 Å². The van der Waals surface area contributed by atoms with Crippen LogP contribution in [0.15, 0.2) is 36.0 Å². The molecule has 0 atom stereocenters. The number of benzene rings is 1. The van der Waals surface area contributed by atoms with Crippen molar-refractivity contribution in [2.24, 2.45) is 0 Å². The summed E-state index contributed by atoms with van der Waals surface area (Å²) in [7, 11) is 0. The fourth-order valence-corrected chi connectivity index (χ4v) is 1.92. The maximum atomic E-state index is 12.0. The zero-order valence-corrected chi connectivity index (χ0v) is 11.8. The minimum atomic E-state index is -0.430. The van der Waals surface area contributed by atoms with Gasteiger partial charge in [-0.1, -0.05) is 6.92 Å². The van der Waals surface area contributed by atoms with Crippen LogP contribution in [-0.4, -0.2) is 41.6 Å².